The average Bonchev–Trinajstić information content (AvgIpc) is 2.46. The molecule has 19 heavy (non-hydrogen) atoms. The summed E-state index contributed by atoms with van der Waals surface area (Å²) < 4.78 is 0. The number of hydrogen-bond acceptors (Lipinski definition) is 3. The molecule has 0 unspecified atom stereocenters. The molecule has 4 nitrogen and oxygen atoms in total. The van der Waals surface area contributed by atoms with E-state index in [1.807, 2.05) is 12.1 Å². The number of fused-ring (bicyclic) bond motifs is 1. The Labute approximate surface area is 111 Å². The van der Waals surface area contributed by atoms with Gasteiger partial charge < -0.3 is 10.6 Å². The van der Waals surface area contributed by atoms with Gasteiger partial charge in [-0.3, -0.25) is 4.79 Å². The normalized spacial score (nSPS) is 14.0. The Balaban J connectivity index is 1.86. The van der Waals surface area contributed by atoms with E-state index < -0.39 is 0 Å². The fourth-order valence-corrected chi connectivity index (χ4v) is 2.42. The summed E-state index contributed by atoms with van der Waals surface area (Å²) in [7, 11) is 0. The topological polar surface area (TPSA) is 59.2 Å². The molecule has 1 aliphatic rings. The maximum atomic E-state index is 12.4. The molecular formula is C15H15N3O. The molecule has 1 amide bonds. The molecule has 0 radical (unpaired) electrons. The smallest absolute Gasteiger partial charge is 0.274 e. The van der Waals surface area contributed by atoms with E-state index >= 15 is 0 Å². The van der Waals surface area contributed by atoms with E-state index in [4.69, 9.17) is 5.73 Å². The highest BCUT2D eigenvalue weighted by Gasteiger charge is 2.23. The number of rotatable bonds is 1. The molecule has 1 aromatic carbocycles. The first-order valence-corrected chi connectivity index (χ1v) is 6.32. The molecule has 0 fully saturated rings. The molecule has 0 aliphatic carbocycles. The van der Waals surface area contributed by atoms with Crippen LogP contribution in [0.4, 0.5) is 5.69 Å². The summed E-state index contributed by atoms with van der Waals surface area (Å²) in [6.07, 6.45) is 2.48. The van der Waals surface area contributed by atoms with Gasteiger partial charge in [0.05, 0.1) is 5.69 Å². The minimum absolute atomic E-state index is 0.0902. The van der Waals surface area contributed by atoms with Crippen LogP contribution in [0.25, 0.3) is 0 Å². The summed E-state index contributed by atoms with van der Waals surface area (Å²) in [6.45, 7) is 1.34. The number of nitrogen functional groups attached to an aromatic ring is 1. The van der Waals surface area contributed by atoms with E-state index in [0.29, 0.717) is 24.5 Å². The molecule has 2 heterocycles. The van der Waals surface area contributed by atoms with Gasteiger partial charge in [-0.1, -0.05) is 24.3 Å². The van der Waals surface area contributed by atoms with Crippen molar-refractivity contribution in [1.82, 2.24) is 9.88 Å². The van der Waals surface area contributed by atoms with Crippen LogP contribution in [0.3, 0.4) is 0 Å². The third-order valence-electron chi connectivity index (χ3n) is 3.46. The number of anilines is 1. The number of nitrogens with zero attached hydrogens (tertiary/aromatic N) is 2. The van der Waals surface area contributed by atoms with E-state index in [2.05, 4.69) is 17.1 Å². The lowest BCUT2D eigenvalue weighted by Crippen LogP contribution is -2.36. The molecule has 96 valence electrons. The lowest BCUT2D eigenvalue weighted by Gasteiger charge is -2.28. The van der Waals surface area contributed by atoms with Crippen molar-refractivity contribution in [2.45, 2.75) is 13.0 Å². The summed E-state index contributed by atoms with van der Waals surface area (Å²) in [6, 6.07) is 11.7. The van der Waals surface area contributed by atoms with Crippen LogP contribution in [0.15, 0.2) is 42.6 Å². The number of nitrogens with two attached hydrogens (primary N) is 1. The van der Waals surface area contributed by atoms with Gasteiger partial charge in [0.15, 0.2) is 5.69 Å². The fraction of sp³-hybridized carbons (Fsp3) is 0.200. The second-order valence-electron chi connectivity index (χ2n) is 4.69. The highest BCUT2D eigenvalue weighted by Crippen LogP contribution is 2.21. The van der Waals surface area contributed by atoms with Crippen LogP contribution in [-0.2, 0) is 13.0 Å². The zero-order chi connectivity index (χ0) is 13.2. The Morgan fingerprint density at radius 3 is 2.74 bits per heavy atom. The van der Waals surface area contributed by atoms with E-state index in [9.17, 15) is 4.79 Å². The Bertz CT molecular complexity index is 624. The molecule has 1 aromatic heterocycles. The van der Waals surface area contributed by atoms with Crippen LogP contribution in [0.2, 0.25) is 0 Å². The highest BCUT2D eigenvalue weighted by molar-refractivity contribution is 5.97. The number of aromatic nitrogens is 1. The Kier molecular flexibility index (Phi) is 2.91. The number of pyridine rings is 1. The molecule has 4 heteroatoms. The molecule has 0 saturated heterocycles. The number of carbonyl (C=O) groups is 1. The van der Waals surface area contributed by atoms with Crippen molar-refractivity contribution in [3.8, 4) is 0 Å². The fourth-order valence-electron chi connectivity index (χ4n) is 2.42. The summed E-state index contributed by atoms with van der Waals surface area (Å²) in [5.41, 5.74) is 9.12. The second-order valence-corrected chi connectivity index (χ2v) is 4.69. The number of carbonyl (C=O) groups excluding carboxylic acids is 1. The van der Waals surface area contributed by atoms with E-state index in [-0.39, 0.29) is 5.91 Å². The van der Waals surface area contributed by atoms with Crippen molar-refractivity contribution in [3.05, 3.63) is 59.4 Å². The monoisotopic (exact) mass is 253 g/mol. The van der Waals surface area contributed by atoms with Crippen molar-refractivity contribution in [3.63, 3.8) is 0 Å². The highest BCUT2D eigenvalue weighted by atomic mass is 16.2. The summed E-state index contributed by atoms with van der Waals surface area (Å²) >= 11 is 0. The van der Waals surface area contributed by atoms with E-state index in [1.54, 1.807) is 23.2 Å². The summed E-state index contributed by atoms with van der Waals surface area (Å²) in [5.74, 6) is -0.0902. The Morgan fingerprint density at radius 2 is 1.95 bits per heavy atom. The Morgan fingerprint density at radius 1 is 1.16 bits per heavy atom. The van der Waals surface area contributed by atoms with Crippen LogP contribution in [0.5, 0.6) is 0 Å². The second kappa shape index (κ2) is 4.72. The molecule has 0 saturated carbocycles. The third-order valence-corrected chi connectivity index (χ3v) is 3.46. The van der Waals surface area contributed by atoms with Gasteiger partial charge in [0.1, 0.15) is 0 Å². The number of benzene rings is 1. The molecular weight excluding hydrogens is 238 g/mol. The molecule has 1 aliphatic heterocycles. The lowest BCUT2D eigenvalue weighted by atomic mass is 9.99. The Hall–Kier alpha value is -2.36. The van der Waals surface area contributed by atoms with Gasteiger partial charge >= 0.3 is 0 Å². The number of amides is 1. The van der Waals surface area contributed by atoms with Crippen molar-refractivity contribution in [1.29, 1.82) is 0 Å². The largest absolute Gasteiger partial charge is 0.397 e. The minimum Gasteiger partial charge on any atom is -0.397 e. The summed E-state index contributed by atoms with van der Waals surface area (Å²) in [5, 5.41) is 0. The quantitative estimate of drug-likeness (QED) is 0.844. The van der Waals surface area contributed by atoms with Gasteiger partial charge in [0.2, 0.25) is 0 Å². The first-order valence-electron chi connectivity index (χ1n) is 6.32. The van der Waals surface area contributed by atoms with Gasteiger partial charge in [0, 0.05) is 19.3 Å². The third kappa shape index (κ3) is 2.17. The van der Waals surface area contributed by atoms with Crippen molar-refractivity contribution < 1.29 is 4.79 Å². The van der Waals surface area contributed by atoms with Crippen molar-refractivity contribution in [2.24, 2.45) is 0 Å². The van der Waals surface area contributed by atoms with E-state index in [1.165, 1.54) is 11.1 Å². The van der Waals surface area contributed by atoms with Crippen LogP contribution in [0.1, 0.15) is 21.6 Å². The first kappa shape index (κ1) is 11.7. The van der Waals surface area contributed by atoms with Crippen LogP contribution in [-0.4, -0.2) is 22.3 Å². The van der Waals surface area contributed by atoms with E-state index in [0.717, 1.165) is 6.42 Å². The molecule has 2 N–H and O–H groups in total. The maximum Gasteiger partial charge on any atom is 0.274 e. The summed E-state index contributed by atoms with van der Waals surface area (Å²) in [4.78, 5) is 18.3. The predicted molar refractivity (Wildman–Crippen MR) is 73.5 cm³/mol. The molecule has 3 rings (SSSR count). The van der Waals surface area contributed by atoms with Crippen LogP contribution in [0, 0.1) is 0 Å². The average molecular weight is 253 g/mol. The zero-order valence-electron chi connectivity index (χ0n) is 10.5. The van der Waals surface area contributed by atoms with Crippen LogP contribution >= 0.6 is 0 Å². The van der Waals surface area contributed by atoms with Crippen molar-refractivity contribution >= 4 is 11.6 Å². The molecule has 0 spiro atoms. The van der Waals surface area contributed by atoms with Gasteiger partial charge in [-0.25, -0.2) is 4.98 Å². The van der Waals surface area contributed by atoms with Gasteiger partial charge in [-0.15, -0.1) is 0 Å². The molecule has 0 bridgehead atoms. The molecule has 2 aromatic rings. The standard InChI is InChI=1S/C15H15N3O/c16-13-6-3-8-17-14(13)15(19)18-9-7-11-4-1-2-5-12(11)10-18/h1-6,8H,7,9-10,16H2. The maximum absolute atomic E-state index is 12.4. The predicted octanol–water partition coefficient (Wildman–Crippen LogP) is 1.86. The van der Waals surface area contributed by atoms with Crippen LogP contribution < -0.4 is 5.73 Å². The van der Waals surface area contributed by atoms with Gasteiger partial charge in [-0.05, 0) is 29.7 Å². The SMILES string of the molecule is Nc1cccnc1C(=O)N1CCc2ccccc2C1. The van der Waals surface area contributed by atoms with Crippen molar-refractivity contribution in [2.75, 3.05) is 12.3 Å². The lowest BCUT2D eigenvalue weighted by molar-refractivity contribution is 0.0730. The first-order chi connectivity index (χ1) is 9.25. The minimum atomic E-state index is -0.0902. The van der Waals surface area contributed by atoms with Gasteiger partial charge in [-0.2, -0.15) is 0 Å². The van der Waals surface area contributed by atoms with Gasteiger partial charge in [0.25, 0.3) is 5.91 Å². The molecule has 0 atom stereocenters. The number of hydrogen-bond donors (Lipinski definition) is 1. The zero-order valence-corrected chi connectivity index (χ0v) is 10.5.